The predicted octanol–water partition coefficient (Wildman–Crippen LogP) is 5.25. The second kappa shape index (κ2) is 6.72. The molecule has 1 unspecified atom stereocenters. The zero-order valence-corrected chi connectivity index (χ0v) is 15.6. The van der Waals surface area contributed by atoms with Gasteiger partial charge in [-0.05, 0) is 41.1 Å². The number of hydrogen-bond donors (Lipinski definition) is 1. The number of nitrogens with zero attached hydrogens (tertiary/aromatic N) is 1. The molecule has 0 bridgehead atoms. The number of Topliss-reactive ketones (excluding diaryl/α,β-unsaturated/α-hetero) is 1. The maximum absolute atomic E-state index is 13.0. The lowest BCUT2D eigenvalue weighted by molar-refractivity contribution is -0.117. The number of aliphatic hydroxyl groups is 1. The Kier molecular flexibility index (Phi) is 4.40. The summed E-state index contributed by atoms with van der Waals surface area (Å²) in [7, 11) is 0. The zero-order chi connectivity index (χ0) is 18.3. The molecule has 3 aromatic rings. The molecule has 0 saturated heterocycles. The Morgan fingerprint density at radius 2 is 1.85 bits per heavy atom. The number of hydrogen-bond acceptors (Lipinski definition) is 5. The molecular formula is C19H12ClNO3S2. The number of rotatable bonds is 4. The number of carbonyl (C=O) groups excluding carboxylic acids is 2. The van der Waals surface area contributed by atoms with Crippen molar-refractivity contribution in [3.8, 4) is 0 Å². The summed E-state index contributed by atoms with van der Waals surface area (Å²) < 4.78 is 0. The molecule has 7 heteroatoms. The van der Waals surface area contributed by atoms with Gasteiger partial charge in [-0.2, -0.15) is 0 Å². The third kappa shape index (κ3) is 2.76. The Labute approximate surface area is 162 Å². The number of carbonyl (C=O) groups is 2. The average molecular weight is 402 g/mol. The minimum Gasteiger partial charge on any atom is -0.503 e. The molecule has 1 aliphatic rings. The lowest BCUT2D eigenvalue weighted by Crippen LogP contribution is -2.30. The Bertz CT molecular complexity index is 1010. The fourth-order valence-corrected chi connectivity index (χ4v) is 4.67. The first-order chi connectivity index (χ1) is 12.6. The molecule has 0 saturated carbocycles. The fraction of sp³-hybridized carbons (Fsp3) is 0.0526. The van der Waals surface area contributed by atoms with E-state index in [1.807, 2.05) is 17.5 Å². The molecule has 1 aliphatic heterocycles. The number of amides is 1. The highest BCUT2D eigenvalue weighted by molar-refractivity contribution is 7.12. The summed E-state index contributed by atoms with van der Waals surface area (Å²) in [5.74, 6) is -1.46. The van der Waals surface area contributed by atoms with Crippen LogP contribution in [0.3, 0.4) is 0 Å². The summed E-state index contributed by atoms with van der Waals surface area (Å²) in [5, 5.41) is 14.7. The van der Waals surface area contributed by atoms with E-state index in [1.54, 1.807) is 41.8 Å². The molecule has 2 aromatic heterocycles. The molecular weight excluding hydrogens is 390 g/mol. The summed E-state index contributed by atoms with van der Waals surface area (Å²) in [6.45, 7) is 0. The van der Waals surface area contributed by atoms with Crippen molar-refractivity contribution in [2.75, 3.05) is 4.90 Å². The van der Waals surface area contributed by atoms with Gasteiger partial charge in [0.1, 0.15) is 6.04 Å². The number of ketones is 1. The van der Waals surface area contributed by atoms with Crippen molar-refractivity contribution in [2.45, 2.75) is 6.04 Å². The molecule has 0 radical (unpaired) electrons. The first-order valence-electron chi connectivity index (χ1n) is 7.72. The van der Waals surface area contributed by atoms with Gasteiger partial charge in [-0.1, -0.05) is 29.8 Å². The van der Waals surface area contributed by atoms with Crippen molar-refractivity contribution < 1.29 is 14.7 Å². The van der Waals surface area contributed by atoms with Crippen molar-refractivity contribution in [1.82, 2.24) is 0 Å². The quantitative estimate of drug-likeness (QED) is 0.608. The van der Waals surface area contributed by atoms with Crippen molar-refractivity contribution in [3.63, 3.8) is 0 Å². The molecule has 0 spiro atoms. The summed E-state index contributed by atoms with van der Waals surface area (Å²) in [4.78, 5) is 28.5. The highest BCUT2D eigenvalue weighted by atomic mass is 35.5. The van der Waals surface area contributed by atoms with Crippen LogP contribution in [-0.2, 0) is 4.79 Å². The van der Waals surface area contributed by atoms with Crippen LogP contribution >= 0.6 is 34.3 Å². The summed E-state index contributed by atoms with van der Waals surface area (Å²) in [6, 6.07) is 13.3. The molecule has 1 aromatic carbocycles. The summed E-state index contributed by atoms with van der Waals surface area (Å²) in [6.07, 6.45) is 0. The minimum absolute atomic E-state index is 0.0971. The van der Waals surface area contributed by atoms with Gasteiger partial charge >= 0.3 is 0 Å². The van der Waals surface area contributed by atoms with E-state index in [-0.39, 0.29) is 11.4 Å². The van der Waals surface area contributed by atoms with Crippen LogP contribution in [-0.4, -0.2) is 16.8 Å². The first kappa shape index (κ1) is 17.0. The Hall–Kier alpha value is -2.41. The van der Waals surface area contributed by atoms with Gasteiger partial charge in [0.25, 0.3) is 5.91 Å². The van der Waals surface area contributed by atoms with E-state index in [2.05, 4.69) is 0 Å². The largest absolute Gasteiger partial charge is 0.503 e. The van der Waals surface area contributed by atoms with E-state index in [1.165, 1.54) is 27.6 Å². The van der Waals surface area contributed by atoms with Gasteiger partial charge in [-0.3, -0.25) is 14.5 Å². The number of aliphatic hydroxyl groups excluding tert-OH is 1. The van der Waals surface area contributed by atoms with Crippen LogP contribution in [0.4, 0.5) is 5.69 Å². The van der Waals surface area contributed by atoms with Crippen molar-refractivity contribution in [2.24, 2.45) is 0 Å². The third-order valence-electron chi connectivity index (χ3n) is 4.10. The van der Waals surface area contributed by atoms with Gasteiger partial charge in [-0.15, -0.1) is 22.7 Å². The smallest absolute Gasteiger partial charge is 0.294 e. The van der Waals surface area contributed by atoms with Crippen molar-refractivity contribution in [3.05, 3.63) is 85.4 Å². The lowest BCUT2D eigenvalue weighted by Gasteiger charge is -2.25. The van der Waals surface area contributed by atoms with Gasteiger partial charge in [-0.25, -0.2) is 0 Å². The number of halogens is 1. The number of benzene rings is 1. The van der Waals surface area contributed by atoms with Crippen LogP contribution in [0.25, 0.3) is 0 Å². The molecule has 3 heterocycles. The monoisotopic (exact) mass is 401 g/mol. The van der Waals surface area contributed by atoms with E-state index in [0.717, 1.165) is 4.88 Å². The van der Waals surface area contributed by atoms with E-state index in [0.29, 0.717) is 15.6 Å². The standard InChI is InChI=1S/C19H12ClNO3S2/c20-11-4-1-5-12(10-11)21-16(13-6-2-8-25-13)15(18(23)19(21)24)17(22)14-7-3-9-26-14/h1-10,16,23H. The van der Waals surface area contributed by atoms with Crippen LogP contribution in [0.15, 0.2) is 70.6 Å². The number of thiophene rings is 2. The van der Waals surface area contributed by atoms with Crippen LogP contribution < -0.4 is 4.90 Å². The van der Waals surface area contributed by atoms with Crippen molar-refractivity contribution >= 4 is 51.7 Å². The maximum atomic E-state index is 13.0. The molecule has 0 fully saturated rings. The molecule has 1 N–H and O–H groups in total. The summed E-state index contributed by atoms with van der Waals surface area (Å²) in [5.41, 5.74) is 0.626. The van der Waals surface area contributed by atoms with Crippen LogP contribution in [0.5, 0.6) is 0 Å². The van der Waals surface area contributed by atoms with Gasteiger partial charge in [0.15, 0.2) is 5.76 Å². The lowest BCUT2D eigenvalue weighted by atomic mass is 10.0. The highest BCUT2D eigenvalue weighted by Gasteiger charge is 2.45. The Morgan fingerprint density at radius 1 is 1.08 bits per heavy atom. The van der Waals surface area contributed by atoms with Gasteiger partial charge in [0, 0.05) is 15.6 Å². The third-order valence-corrected chi connectivity index (χ3v) is 6.13. The SMILES string of the molecule is O=C(C1=C(O)C(=O)N(c2cccc(Cl)c2)C1c1cccs1)c1cccs1. The van der Waals surface area contributed by atoms with Crippen LogP contribution in [0.1, 0.15) is 20.6 Å². The van der Waals surface area contributed by atoms with E-state index < -0.39 is 17.7 Å². The number of anilines is 1. The van der Waals surface area contributed by atoms with E-state index in [4.69, 9.17) is 11.6 Å². The molecule has 0 aliphatic carbocycles. The normalized spacial score (nSPS) is 17.2. The molecule has 4 nitrogen and oxygen atoms in total. The molecule has 26 heavy (non-hydrogen) atoms. The van der Waals surface area contributed by atoms with Gasteiger partial charge < -0.3 is 5.11 Å². The van der Waals surface area contributed by atoms with Gasteiger partial charge in [0.05, 0.1) is 10.5 Å². The van der Waals surface area contributed by atoms with Crippen LogP contribution in [0, 0.1) is 0 Å². The average Bonchev–Trinajstić information content (AvgIpc) is 3.36. The van der Waals surface area contributed by atoms with Gasteiger partial charge in [0.2, 0.25) is 5.78 Å². The highest BCUT2D eigenvalue weighted by Crippen LogP contribution is 2.43. The molecule has 4 rings (SSSR count). The zero-order valence-electron chi connectivity index (χ0n) is 13.3. The topological polar surface area (TPSA) is 57.6 Å². The maximum Gasteiger partial charge on any atom is 0.294 e. The van der Waals surface area contributed by atoms with E-state index in [9.17, 15) is 14.7 Å². The second-order valence-electron chi connectivity index (χ2n) is 5.64. The minimum atomic E-state index is -0.685. The first-order valence-corrected chi connectivity index (χ1v) is 9.85. The molecule has 1 amide bonds. The second-order valence-corrected chi connectivity index (χ2v) is 8.01. The molecule has 130 valence electrons. The predicted molar refractivity (Wildman–Crippen MR) is 104 cm³/mol. The van der Waals surface area contributed by atoms with E-state index >= 15 is 0 Å². The fourth-order valence-electron chi connectivity index (χ4n) is 2.99. The molecule has 1 atom stereocenters. The van der Waals surface area contributed by atoms with Crippen LogP contribution in [0.2, 0.25) is 5.02 Å². The van der Waals surface area contributed by atoms with Crippen molar-refractivity contribution in [1.29, 1.82) is 0 Å². The Balaban J connectivity index is 1.87. The Morgan fingerprint density at radius 3 is 2.50 bits per heavy atom. The summed E-state index contributed by atoms with van der Waals surface area (Å²) >= 11 is 8.79.